The summed E-state index contributed by atoms with van der Waals surface area (Å²) in [5.41, 5.74) is 0. The maximum atomic E-state index is 10.3. The zero-order valence-electron chi connectivity index (χ0n) is 6.62. The highest BCUT2D eigenvalue weighted by Gasteiger charge is 2.29. The van der Waals surface area contributed by atoms with E-state index in [-0.39, 0.29) is 0 Å². The van der Waals surface area contributed by atoms with Gasteiger partial charge in [0.05, 0.1) is 0 Å². The van der Waals surface area contributed by atoms with Gasteiger partial charge in [0.1, 0.15) is 0 Å². The molecule has 3 nitrogen and oxygen atoms in total. The summed E-state index contributed by atoms with van der Waals surface area (Å²) in [4.78, 5) is 11.8. The van der Waals surface area contributed by atoms with Crippen molar-refractivity contribution in [3.63, 3.8) is 0 Å². The molecule has 0 bridgehead atoms. The Hall–Kier alpha value is -0.380. The highest BCUT2D eigenvalue weighted by Crippen LogP contribution is 2.19. The number of amides is 1. The molecule has 0 radical (unpaired) electrons. The molecule has 0 aromatic rings. The maximum Gasteiger partial charge on any atom is 0.407 e. The Balaban J connectivity index is 2.05. The molecule has 0 unspecified atom stereocenters. The third-order valence-electron chi connectivity index (χ3n) is 1.79. The molecule has 11 heavy (non-hydrogen) atoms. The van der Waals surface area contributed by atoms with Gasteiger partial charge in [0.2, 0.25) is 0 Å². The Bertz CT molecular complexity index is 145. The van der Waals surface area contributed by atoms with Gasteiger partial charge in [-0.3, -0.25) is 0 Å². The van der Waals surface area contributed by atoms with Gasteiger partial charge in [-0.2, -0.15) is 11.8 Å². The molecule has 64 valence electrons. The fourth-order valence-corrected chi connectivity index (χ4v) is 1.90. The molecule has 1 aliphatic rings. The topological polar surface area (TPSA) is 40.5 Å². The molecular formula is C7H13NO2S. The molecule has 1 rings (SSSR count). The van der Waals surface area contributed by atoms with Crippen LogP contribution >= 0.6 is 11.8 Å². The molecular weight excluding hydrogens is 162 g/mol. The summed E-state index contributed by atoms with van der Waals surface area (Å²) >= 11 is 1.89. The second-order valence-electron chi connectivity index (χ2n) is 2.71. The van der Waals surface area contributed by atoms with E-state index in [9.17, 15) is 4.79 Å². The predicted octanol–water partition coefficient (Wildman–Crippen LogP) is 1.35. The van der Waals surface area contributed by atoms with Crippen LogP contribution in [-0.4, -0.2) is 40.7 Å². The Morgan fingerprint density at radius 3 is 2.82 bits per heavy atom. The van der Waals surface area contributed by atoms with E-state index in [0.717, 1.165) is 24.6 Å². The molecule has 1 heterocycles. The summed E-state index contributed by atoms with van der Waals surface area (Å²) in [6, 6.07) is 0. The van der Waals surface area contributed by atoms with E-state index in [4.69, 9.17) is 5.11 Å². The van der Waals surface area contributed by atoms with Crippen molar-refractivity contribution in [3.8, 4) is 0 Å². The molecule has 1 fully saturated rings. The van der Waals surface area contributed by atoms with Crippen LogP contribution in [0.25, 0.3) is 0 Å². The van der Waals surface area contributed by atoms with Crippen LogP contribution in [0.3, 0.4) is 0 Å². The lowest BCUT2D eigenvalue weighted by Crippen LogP contribution is -2.50. The Labute approximate surface area is 70.8 Å². The zero-order chi connectivity index (χ0) is 8.27. The lowest BCUT2D eigenvalue weighted by atomic mass is 10.0. The number of carbonyl (C=O) groups is 1. The number of hydrogen-bond donors (Lipinski definition) is 1. The number of carboxylic acid groups (broad SMARTS) is 1. The van der Waals surface area contributed by atoms with Crippen molar-refractivity contribution in [1.29, 1.82) is 0 Å². The fourth-order valence-electron chi connectivity index (χ4n) is 1.12. The summed E-state index contributed by atoms with van der Waals surface area (Å²) in [5.74, 6) is 2.85. The number of hydrogen-bond acceptors (Lipinski definition) is 2. The zero-order valence-corrected chi connectivity index (χ0v) is 7.43. The van der Waals surface area contributed by atoms with Crippen LogP contribution in [0.5, 0.6) is 0 Å². The molecule has 0 atom stereocenters. The first kappa shape index (κ1) is 8.71. The number of rotatable bonds is 3. The number of nitrogens with zero attached hydrogens (tertiary/aromatic N) is 1. The summed E-state index contributed by atoms with van der Waals surface area (Å²) in [5, 5.41) is 8.50. The summed E-state index contributed by atoms with van der Waals surface area (Å²) in [6.07, 6.45) is -0.775. The molecule has 1 saturated heterocycles. The van der Waals surface area contributed by atoms with Gasteiger partial charge < -0.3 is 10.0 Å². The van der Waals surface area contributed by atoms with E-state index < -0.39 is 6.09 Å². The van der Waals surface area contributed by atoms with Gasteiger partial charge in [0.15, 0.2) is 0 Å². The van der Waals surface area contributed by atoms with E-state index in [2.05, 4.69) is 6.92 Å². The molecule has 0 aliphatic carbocycles. The molecule has 0 spiro atoms. The molecule has 1 amide bonds. The average molecular weight is 175 g/mol. The first-order valence-electron chi connectivity index (χ1n) is 3.79. The van der Waals surface area contributed by atoms with Gasteiger partial charge in [-0.1, -0.05) is 6.92 Å². The van der Waals surface area contributed by atoms with Crippen molar-refractivity contribution in [2.45, 2.75) is 6.92 Å². The third kappa shape index (κ3) is 2.29. The van der Waals surface area contributed by atoms with Gasteiger partial charge in [0, 0.05) is 19.0 Å². The second-order valence-corrected chi connectivity index (χ2v) is 4.03. The van der Waals surface area contributed by atoms with Gasteiger partial charge in [-0.15, -0.1) is 0 Å². The number of likely N-dealkylation sites (tertiary alicyclic amines) is 1. The van der Waals surface area contributed by atoms with Crippen LogP contribution in [0, 0.1) is 5.92 Å². The predicted molar refractivity (Wildman–Crippen MR) is 46.1 cm³/mol. The van der Waals surface area contributed by atoms with Crippen molar-refractivity contribution >= 4 is 17.9 Å². The molecule has 0 aromatic heterocycles. The van der Waals surface area contributed by atoms with Gasteiger partial charge >= 0.3 is 6.09 Å². The molecule has 1 N–H and O–H groups in total. The smallest absolute Gasteiger partial charge is 0.407 e. The van der Waals surface area contributed by atoms with E-state index in [1.807, 2.05) is 11.8 Å². The van der Waals surface area contributed by atoms with Gasteiger partial charge in [-0.05, 0) is 11.5 Å². The van der Waals surface area contributed by atoms with E-state index in [1.54, 1.807) is 0 Å². The minimum Gasteiger partial charge on any atom is -0.465 e. The lowest BCUT2D eigenvalue weighted by molar-refractivity contribution is 0.0901. The number of thioether (sulfide) groups is 1. The third-order valence-corrected chi connectivity index (χ3v) is 2.90. The van der Waals surface area contributed by atoms with Crippen LogP contribution in [0.15, 0.2) is 0 Å². The van der Waals surface area contributed by atoms with E-state index in [1.165, 1.54) is 4.90 Å². The van der Waals surface area contributed by atoms with E-state index in [0.29, 0.717) is 5.92 Å². The van der Waals surface area contributed by atoms with E-state index >= 15 is 0 Å². The first-order chi connectivity index (χ1) is 5.24. The fraction of sp³-hybridized carbons (Fsp3) is 0.857. The van der Waals surface area contributed by atoms with Crippen LogP contribution in [0.4, 0.5) is 4.79 Å². The van der Waals surface area contributed by atoms with Gasteiger partial charge in [0.25, 0.3) is 0 Å². The second kappa shape index (κ2) is 3.85. The minimum atomic E-state index is -0.775. The summed E-state index contributed by atoms with van der Waals surface area (Å²) in [7, 11) is 0. The first-order valence-corrected chi connectivity index (χ1v) is 4.95. The molecule has 0 aromatic carbocycles. The van der Waals surface area contributed by atoms with Crippen molar-refractivity contribution in [2.24, 2.45) is 5.92 Å². The highest BCUT2D eigenvalue weighted by atomic mass is 32.2. The standard InChI is InChI=1S/C7H13NO2S/c1-2-11-5-6-3-8(4-6)7(9)10/h6H,2-5H2,1H3,(H,9,10). The maximum absolute atomic E-state index is 10.3. The lowest BCUT2D eigenvalue weighted by Gasteiger charge is -2.36. The van der Waals surface area contributed by atoms with Gasteiger partial charge in [-0.25, -0.2) is 4.79 Å². The Morgan fingerprint density at radius 1 is 1.73 bits per heavy atom. The van der Waals surface area contributed by atoms with Crippen LogP contribution < -0.4 is 0 Å². The molecule has 1 aliphatic heterocycles. The monoisotopic (exact) mass is 175 g/mol. The van der Waals surface area contributed by atoms with Crippen molar-refractivity contribution < 1.29 is 9.90 Å². The quantitative estimate of drug-likeness (QED) is 0.704. The van der Waals surface area contributed by atoms with Crippen molar-refractivity contribution in [1.82, 2.24) is 4.90 Å². The summed E-state index contributed by atoms with van der Waals surface area (Å²) < 4.78 is 0. The molecule has 4 heteroatoms. The normalized spacial score (nSPS) is 18.1. The summed E-state index contributed by atoms with van der Waals surface area (Å²) in [6.45, 7) is 3.60. The molecule has 0 saturated carbocycles. The SMILES string of the molecule is CCSCC1CN(C(=O)O)C1. The largest absolute Gasteiger partial charge is 0.465 e. The van der Waals surface area contributed by atoms with Crippen molar-refractivity contribution in [2.75, 3.05) is 24.6 Å². The van der Waals surface area contributed by atoms with Crippen molar-refractivity contribution in [3.05, 3.63) is 0 Å². The average Bonchev–Trinajstić information content (AvgIpc) is 1.84. The highest BCUT2D eigenvalue weighted by molar-refractivity contribution is 7.99. The Morgan fingerprint density at radius 2 is 2.36 bits per heavy atom. The Kier molecular flexibility index (Phi) is 3.05. The van der Waals surface area contributed by atoms with Crippen LogP contribution in [-0.2, 0) is 0 Å². The van der Waals surface area contributed by atoms with Crippen LogP contribution in [0.2, 0.25) is 0 Å². The van der Waals surface area contributed by atoms with Crippen LogP contribution in [0.1, 0.15) is 6.92 Å². The minimum absolute atomic E-state index is 0.607.